The lowest BCUT2D eigenvalue weighted by molar-refractivity contribution is 0.150. The molecule has 1 aliphatic heterocycles. The van der Waals surface area contributed by atoms with E-state index in [0.717, 1.165) is 18.0 Å². The summed E-state index contributed by atoms with van der Waals surface area (Å²) in [5.41, 5.74) is 0. The summed E-state index contributed by atoms with van der Waals surface area (Å²) >= 11 is 0. The molecule has 3 unspecified atom stereocenters. The Morgan fingerprint density at radius 3 is 2.53 bits per heavy atom. The van der Waals surface area contributed by atoms with Gasteiger partial charge in [0, 0.05) is 18.6 Å². The van der Waals surface area contributed by atoms with Crippen molar-refractivity contribution in [2.45, 2.75) is 58.0 Å². The largest absolute Gasteiger partial charge is 0.315 e. The zero-order chi connectivity index (χ0) is 10.7. The van der Waals surface area contributed by atoms with Crippen LogP contribution in [-0.4, -0.2) is 36.6 Å². The van der Waals surface area contributed by atoms with Gasteiger partial charge < -0.3 is 5.32 Å². The van der Waals surface area contributed by atoms with Crippen molar-refractivity contribution in [1.29, 1.82) is 0 Å². The molecule has 1 aliphatic carbocycles. The van der Waals surface area contributed by atoms with Gasteiger partial charge in [0.1, 0.15) is 0 Å². The quantitative estimate of drug-likeness (QED) is 0.765. The molecule has 2 aliphatic rings. The average Bonchev–Trinajstić information content (AvgIpc) is 2.89. The second-order valence-corrected chi connectivity index (χ2v) is 5.22. The summed E-state index contributed by atoms with van der Waals surface area (Å²) in [4.78, 5) is 2.77. The summed E-state index contributed by atoms with van der Waals surface area (Å²) in [7, 11) is 0. The summed E-state index contributed by atoms with van der Waals surface area (Å²) < 4.78 is 0. The molecule has 2 fully saturated rings. The van der Waals surface area contributed by atoms with Gasteiger partial charge >= 0.3 is 0 Å². The van der Waals surface area contributed by atoms with E-state index in [1.54, 1.807) is 0 Å². The Bertz CT molecular complexity index is 187. The highest BCUT2D eigenvalue weighted by molar-refractivity contribution is 4.88. The van der Waals surface area contributed by atoms with Crippen LogP contribution >= 0.6 is 0 Å². The predicted octanol–water partition coefficient (Wildman–Crippen LogP) is 2.25. The Labute approximate surface area is 94.4 Å². The molecule has 0 spiro atoms. The van der Waals surface area contributed by atoms with Crippen molar-refractivity contribution >= 4 is 0 Å². The summed E-state index contributed by atoms with van der Waals surface area (Å²) in [5, 5.41) is 3.49. The van der Waals surface area contributed by atoms with Gasteiger partial charge in [0.25, 0.3) is 0 Å². The zero-order valence-corrected chi connectivity index (χ0v) is 10.3. The van der Waals surface area contributed by atoms with Gasteiger partial charge in [0.05, 0.1) is 0 Å². The number of nitrogens with zero attached hydrogens (tertiary/aromatic N) is 1. The van der Waals surface area contributed by atoms with Crippen molar-refractivity contribution in [2.75, 3.05) is 19.6 Å². The highest BCUT2D eigenvalue weighted by Crippen LogP contribution is 2.32. The fraction of sp³-hybridized carbons (Fsp3) is 1.00. The van der Waals surface area contributed by atoms with Crippen molar-refractivity contribution in [1.82, 2.24) is 10.2 Å². The first-order valence-corrected chi connectivity index (χ1v) is 6.81. The molecule has 0 aromatic carbocycles. The highest BCUT2D eigenvalue weighted by Gasteiger charge is 2.32. The fourth-order valence-corrected chi connectivity index (χ4v) is 3.46. The van der Waals surface area contributed by atoms with E-state index in [2.05, 4.69) is 24.1 Å². The van der Waals surface area contributed by atoms with Crippen molar-refractivity contribution < 1.29 is 0 Å². The van der Waals surface area contributed by atoms with E-state index in [-0.39, 0.29) is 0 Å². The van der Waals surface area contributed by atoms with Gasteiger partial charge in [-0.15, -0.1) is 0 Å². The Balaban J connectivity index is 1.89. The summed E-state index contributed by atoms with van der Waals surface area (Å²) in [6, 6.07) is 1.72. The SMILES string of the molecule is CCC1CCC(N(CC)C2CCNC2)C1. The summed E-state index contributed by atoms with van der Waals surface area (Å²) in [6.45, 7) is 8.37. The van der Waals surface area contributed by atoms with Crippen LogP contribution in [0.3, 0.4) is 0 Å². The molecule has 0 amide bonds. The topological polar surface area (TPSA) is 15.3 Å². The second kappa shape index (κ2) is 5.31. The molecule has 0 bridgehead atoms. The van der Waals surface area contributed by atoms with Gasteiger partial charge in [0.15, 0.2) is 0 Å². The molecule has 2 nitrogen and oxygen atoms in total. The third-order valence-corrected chi connectivity index (χ3v) is 4.43. The van der Waals surface area contributed by atoms with Crippen LogP contribution in [0.2, 0.25) is 0 Å². The lowest BCUT2D eigenvalue weighted by atomic mass is 10.0. The molecule has 88 valence electrons. The Morgan fingerprint density at radius 1 is 1.13 bits per heavy atom. The van der Waals surface area contributed by atoms with Crippen molar-refractivity contribution in [2.24, 2.45) is 5.92 Å². The highest BCUT2D eigenvalue weighted by atomic mass is 15.2. The minimum absolute atomic E-state index is 0.829. The van der Waals surface area contributed by atoms with E-state index in [1.807, 2.05) is 0 Å². The van der Waals surface area contributed by atoms with E-state index < -0.39 is 0 Å². The van der Waals surface area contributed by atoms with Gasteiger partial charge in [-0.2, -0.15) is 0 Å². The molecule has 1 saturated carbocycles. The first-order chi connectivity index (χ1) is 7.35. The second-order valence-electron chi connectivity index (χ2n) is 5.22. The Morgan fingerprint density at radius 2 is 2.00 bits per heavy atom. The van der Waals surface area contributed by atoms with E-state index in [9.17, 15) is 0 Å². The van der Waals surface area contributed by atoms with E-state index in [1.165, 1.54) is 51.7 Å². The maximum Gasteiger partial charge on any atom is 0.0235 e. The van der Waals surface area contributed by atoms with Gasteiger partial charge in [-0.3, -0.25) is 4.90 Å². The summed E-state index contributed by atoms with van der Waals surface area (Å²) in [5.74, 6) is 1.01. The molecule has 0 aromatic heterocycles. The van der Waals surface area contributed by atoms with Crippen LogP contribution in [0.25, 0.3) is 0 Å². The molecule has 1 N–H and O–H groups in total. The van der Waals surface area contributed by atoms with E-state index in [4.69, 9.17) is 0 Å². The molecule has 0 aromatic rings. The van der Waals surface area contributed by atoms with Crippen LogP contribution in [0.1, 0.15) is 46.0 Å². The lowest BCUT2D eigenvalue weighted by Gasteiger charge is -2.33. The first-order valence-electron chi connectivity index (χ1n) is 6.81. The molecule has 1 saturated heterocycles. The minimum atomic E-state index is 0.829. The van der Waals surface area contributed by atoms with Gasteiger partial charge in [-0.25, -0.2) is 0 Å². The number of hydrogen-bond acceptors (Lipinski definition) is 2. The Hall–Kier alpha value is -0.0800. The summed E-state index contributed by atoms with van der Waals surface area (Å²) in [6.07, 6.45) is 7.12. The van der Waals surface area contributed by atoms with Gasteiger partial charge in [-0.1, -0.05) is 20.3 Å². The molecule has 3 atom stereocenters. The van der Waals surface area contributed by atoms with Crippen molar-refractivity contribution in [3.63, 3.8) is 0 Å². The standard InChI is InChI=1S/C13H26N2/c1-3-11-5-6-12(9-11)15(4-2)13-7-8-14-10-13/h11-14H,3-10H2,1-2H3. The van der Waals surface area contributed by atoms with Crippen molar-refractivity contribution in [3.05, 3.63) is 0 Å². The fourth-order valence-electron chi connectivity index (χ4n) is 3.46. The number of hydrogen-bond donors (Lipinski definition) is 1. The zero-order valence-electron chi connectivity index (χ0n) is 10.3. The third-order valence-electron chi connectivity index (χ3n) is 4.43. The van der Waals surface area contributed by atoms with Crippen LogP contribution in [0.15, 0.2) is 0 Å². The number of likely N-dealkylation sites (N-methyl/N-ethyl adjacent to an activating group) is 1. The monoisotopic (exact) mass is 210 g/mol. The minimum Gasteiger partial charge on any atom is -0.315 e. The maximum absolute atomic E-state index is 3.49. The first kappa shape index (κ1) is 11.4. The number of nitrogens with one attached hydrogen (secondary N) is 1. The molecule has 0 radical (unpaired) electrons. The van der Waals surface area contributed by atoms with Crippen LogP contribution in [0, 0.1) is 5.92 Å². The van der Waals surface area contributed by atoms with Crippen LogP contribution < -0.4 is 5.32 Å². The smallest absolute Gasteiger partial charge is 0.0235 e. The molecule has 1 heterocycles. The molecule has 2 heteroatoms. The van der Waals surface area contributed by atoms with Crippen molar-refractivity contribution in [3.8, 4) is 0 Å². The van der Waals surface area contributed by atoms with Crippen LogP contribution in [-0.2, 0) is 0 Å². The van der Waals surface area contributed by atoms with Crippen LogP contribution in [0.5, 0.6) is 0 Å². The van der Waals surface area contributed by atoms with Crippen LogP contribution in [0.4, 0.5) is 0 Å². The Kier molecular flexibility index (Phi) is 4.04. The third kappa shape index (κ3) is 2.54. The van der Waals surface area contributed by atoms with E-state index in [0.29, 0.717) is 0 Å². The lowest BCUT2D eigenvalue weighted by Crippen LogP contribution is -2.43. The average molecular weight is 210 g/mol. The van der Waals surface area contributed by atoms with Gasteiger partial charge in [0.2, 0.25) is 0 Å². The van der Waals surface area contributed by atoms with E-state index >= 15 is 0 Å². The van der Waals surface area contributed by atoms with Gasteiger partial charge in [-0.05, 0) is 44.7 Å². The number of rotatable bonds is 4. The normalized spacial score (nSPS) is 36.6. The molecule has 2 rings (SSSR count). The predicted molar refractivity (Wildman–Crippen MR) is 65.1 cm³/mol. The molecule has 15 heavy (non-hydrogen) atoms. The molecular weight excluding hydrogens is 184 g/mol. The maximum atomic E-state index is 3.49. The molecular formula is C13H26N2.